The van der Waals surface area contributed by atoms with Crippen LogP contribution in [0.1, 0.15) is 146 Å². The van der Waals surface area contributed by atoms with Gasteiger partial charge in [-0.3, -0.25) is 14.4 Å². The maximum Gasteiger partial charge on any atom is 0.307 e. The molecule has 9 nitrogen and oxygen atoms in total. The predicted molar refractivity (Wildman–Crippen MR) is 239 cm³/mol. The van der Waals surface area contributed by atoms with Gasteiger partial charge in [0.25, 0.3) is 0 Å². The van der Waals surface area contributed by atoms with E-state index in [-0.39, 0.29) is 52.4 Å². The number of ether oxygens (including phenoxy) is 1. The van der Waals surface area contributed by atoms with E-state index in [4.69, 9.17) is 4.74 Å². The zero-order valence-corrected chi connectivity index (χ0v) is 39.6. The molecule has 8 unspecified atom stereocenters. The third-order valence-corrected chi connectivity index (χ3v) is 17.2. The number of nitrogens with zero attached hydrogens (tertiary/aromatic N) is 4. The highest BCUT2D eigenvalue weighted by Crippen LogP contribution is 2.75. The lowest BCUT2D eigenvalue weighted by atomic mass is 9.35. The Bertz CT molecular complexity index is 1830. The Hall–Kier alpha value is -3.35. The van der Waals surface area contributed by atoms with Gasteiger partial charge in [0, 0.05) is 48.7 Å². The van der Waals surface area contributed by atoms with E-state index in [1.807, 2.05) is 12.2 Å². The molecule has 0 radical (unpaired) electrons. The van der Waals surface area contributed by atoms with Gasteiger partial charge in [0.2, 0.25) is 0 Å². The molecule has 0 aliphatic heterocycles. The van der Waals surface area contributed by atoms with Crippen LogP contribution in [-0.4, -0.2) is 85.1 Å². The highest BCUT2D eigenvalue weighted by Gasteiger charge is 2.68. The molecular formula is C51H78N4O5. The lowest BCUT2D eigenvalue weighted by Crippen LogP contribution is -2.63. The number of esters is 1. The molecule has 0 aromatic heterocycles. The molecule has 5 aliphatic rings. The number of hydrazine groups is 1. The van der Waals surface area contributed by atoms with E-state index in [2.05, 4.69) is 104 Å². The summed E-state index contributed by atoms with van der Waals surface area (Å²) in [4.78, 5) is 54.4. The normalized spacial score (nSPS) is 34.8. The largest absolute Gasteiger partial charge is 0.462 e. The van der Waals surface area contributed by atoms with E-state index < -0.39 is 16.4 Å². The second-order valence-electron chi connectivity index (χ2n) is 21.8. The van der Waals surface area contributed by atoms with Gasteiger partial charge in [-0.25, -0.2) is 5.01 Å². The van der Waals surface area contributed by atoms with Gasteiger partial charge in [-0.05, 0) is 148 Å². The maximum absolute atomic E-state index is 14.7. The zero-order valence-electron chi connectivity index (χ0n) is 39.6. The molecule has 3 fully saturated rings. The van der Waals surface area contributed by atoms with Crippen molar-refractivity contribution < 1.29 is 23.9 Å². The van der Waals surface area contributed by atoms with Crippen molar-refractivity contribution in [3.8, 4) is 6.07 Å². The van der Waals surface area contributed by atoms with Crippen molar-refractivity contribution in [2.45, 2.75) is 158 Å². The van der Waals surface area contributed by atoms with E-state index in [0.29, 0.717) is 36.8 Å². The van der Waals surface area contributed by atoms with Crippen molar-refractivity contribution in [3.05, 3.63) is 46.7 Å². The molecule has 0 N–H and O–H groups in total. The van der Waals surface area contributed by atoms with E-state index in [1.54, 1.807) is 19.9 Å². The first-order chi connectivity index (χ1) is 28.0. The fraction of sp³-hybridized carbons (Fsp3) is 0.745. The van der Waals surface area contributed by atoms with Gasteiger partial charge in [0.15, 0.2) is 5.78 Å². The van der Waals surface area contributed by atoms with Gasteiger partial charge < -0.3 is 19.4 Å². The fourth-order valence-corrected chi connectivity index (χ4v) is 13.0. The van der Waals surface area contributed by atoms with Gasteiger partial charge in [-0.15, -0.1) is 0 Å². The Morgan fingerprint density at radius 3 is 2.30 bits per heavy atom. The number of ketones is 1. The zero-order chi connectivity index (χ0) is 44.6. The van der Waals surface area contributed by atoms with E-state index in [1.165, 1.54) is 5.57 Å². The summed E-state index contributed by atoms with van der Waals surface area (Å²) in [6.07, 6.45) is 19.1. The quantitative estimate of drug-likeness (QED) is 0.0613. The standard InChI is InChI=1S/C51H78N4O5/c1-14-38(60-43(59)32-46(5,6)34-57)20-24-48(8)36(4)17-25-50(10)41(48)16-15-39-45-44(35(2)3)40(58)31-51(45,27-26-49(39,50)9)42(21-30-56)55(29-28-53(11)12)54(13)47(7)22-18-37(33-52)19-23-47/h18-19,21-22,30,34-36,38-39,41H,14-17,20,23-29,31-32H2,1-13H3/b42-21-/t36?,38?,39?,41?,47?,48?,49-,50?,51?/m1/s1. The van der Waals surface area contributed by atoms with Gasteiger partial charge in [-0.1, -0.05) is 74.5 Å². The average Bonchev–Trinajstić information content (AvgIpc) is 3.50. The van der Waals surface area contributed by atoms with Gasteiger partial charge >= 0.3 is 5.97 Å². The molecule has 3 saturated carbocycles. The van der Waals surface area contributed by atoms with E-state index in [0.717, 1.165) is 88.2 Å². The van der Waals surface area contributed by atoms with Crippen LogP contribution in [-0.2, 0) is 23.9 Å². The van der Waals surface area contributed by atoms with Crippen molar-refractivity contribution in [3.63, 3.8) is 0 Å². The molecule has 0 bridgehead atoms. The van der Waals surface area contributed by atoms with Gasteiger partial charge in [0.05, 0.1) is 18.0 Å². The minimum absolute atomic E-state index is 0.0114. The van der Waals surface area contributed by atoms with Crippen LogP contribution in [0.15, 0.2) is 46.7 Å². The molecule has 0 spiro atoms. The van der Waals surface area contributed by atoms with Crippen molar-refractivity contribution in [1.82, 2.24) is 14.9 Å². The second-order valence-corrected chi connectivity index (χ2v) is 21.8. The molecule has 9 atom stereocenters. The van der Waals surface area contributed by atoms with Crippen LogP contribution < -0.4 is 0 Å². The number of likely N-dealkylation sites (N-methyl/N-ethyl adjacent to an activating group) is 2. The molecular weight excluding hydrogens is 749 g/mol. The topological polar surface area (TPSA) is 111 Å². The fourth-order valence-electron chi connectivity index (χ4n) is 13.0. The first kappa shape index (κ1) is 47.7. The molecule has 9 heteroatoms. The number of allylic oxidation sites excluding steroid dienone is 5. The Morgan fingerprint density at radius 2 is 1.73 bits per heavy atom. The summed E-state index contributed by atoms with van der Waals surface area (Å²) in [5.74, 6) is 1.16. The van der Waals surface area contributed by atoms with Crippen LogP contribution in [0.4, 0.5) is 0 Å². The molecule has 0 aromatic rings. The maximum atomic E-state index is 14.7. The molecule has 332 valence electrons. The number of fused-ring (bicyclic) bond motifs is 5. The minimum atomic E-state index is -0.739. The summed E-state index contributed by atoms with van der Waals surface area (Å²) in [6, 6.07) is 2.29. The van der Waals surface area contributed by atoms with Crippen molar-refractivity contribution in [1.29, 1.82) is 5.26 Å². The summed E-state index contributed by atoms with van der Waals surface area (Å²) in [5.41, 5.74) is 2.07. The third kappa shape index (κ3) is 8.42. The molecule has 0 aromatic carbocycles. The summed E-state index contributed by atoms with van der Waals surface area (Å²) in [6.45, 7) is 23.7. The lowest BCUT2D eigenvalue weighted by Gasteiger charge is -2.70. The van der Waals surface area contributed by atoms with E-state index >= 15 is 0 Å². The SMILES string of the molecule is CCC(CCC1(C)C(C)CCC2(C)C1CCC1C3=C(C(C)C)C(=O)CC3(/C(=C/C=O)N(CCN(C)C)N(C)C3(C)C=CC(C#N)=CC3)CC[C@]12C)OC(=O)CC(C)(C)C=O. The highest BCUT2D eigenvalue weighted by atomic mass is 16.5. The van der Waals surface area contributed by atoms with Crippen LogP contribution in [0.3, 0.4) is 0 Å². The number of nitriles is 1. The van der Waals surface area contributed by atoms with Crippen molar-refractivity contribution in [2.75, 3.05) is 34.2 Å². The van der Waals surface area contributed by atoms with Crippen LogP contribution in [0.2, 0.25) is 0 Å². The van der Waals surface area contributed by atoms with Gasteiger partial charge in [0.1, 0.15) is 18.7 Å². The van der Waals surface area contributed by atoms with Crippen LogP contribution >= 0.6 is 0 Å². The predicted octanol–water partition coefficient (Wildman–Crippen LogP) is 9.85. The van der Waals surface area contributed by atoms with Crippen molar-refractivity contribution in [2.24, 2.45) is 50.7 Å². The Labute approximate surface area is 363 Å². The average molecular weight is 827 g/mol. The molecule has 0 heterocycles. The number of hydrogen-bond donors (Lipinski definition) is 0. The molecule has 5 aliphatic carbocycles. The molecule has 60 heavy (non-hydrogen) atoms. The number of carbonyl (C=O) groups is 4. The number of Topliss-reactive ketones (excluding diaryl/α,β-unsaturated/α-hetero) is 1. The number of carbonyl (C=O) groups excluding carboxylic acids is 4. The van der Waals surface area contributed by atoms with Crippen LogP contribution in [0.5, 0.6) is 0 Å². The van der Waals surface area contributed by atoms with E-state index in [9.17, 15) is 24.4 Å². The highest BCUT2D eigenvalue weighted by molar-refractivity contribution is 6.01. The second kappa shape index (κ2) is 17.8. The number of aldehydes is 2. The molecule has 0 saturated heterocycles. The Kier molecular flexibility index (Phi) is 14.1. The van der Waals surface area contributed by atoms with Crippen molar-refractivity contribution >= 4 is 24.3 Å². The van der Waals surface area contributed by atoms with Crippen LogP contribution in [0.25, 0.3) is 0 Å². The Balaban J connectivity index is 1.55. The number of hydrogen-bond acceptors (Lipinski definition) is 9. The molecule has 5 rings (SSSR count). The lowest BCUT2D eigenvalue weighted by molar-refractivity contribution is -0.187. The first-order valence-corrected chi connectivity index (χ1v) is 23.1. The number of rotatable bonds is 17. The van der Waals surface area contributed by atoms with Crippen LogP contribution in [0, 0.1) is 62.1 Å². The monoisotopic (exact) mass is 827 g/mol. The summed E-state index contributed by atoms with van der Waals surface area (Å²) in [5, 5.41) is 14.2. The first-order valence-electron chi connectivity index (χ1n) is 23.1. The summed E-state index contributed by atoms with van der Waals surface area (Å²) in [7, 11) is 6.24. The third-order valence-electron chi connectivity index (χ3n) is 17.2. The van der Waals surface area contributed by atoms with Gasteiger partial charge in [-0.2, -0.15) is 5.26 Å². The molecule has 0 amide bonds. The smallest absolute Gasteiger partial charge is 0.307 e. The summed E-state index contributed by atoms with van der Waals surface area (Å²) >= 11 is 0. The Morgan fingerprint density at radius 1 is 1.03 bits per heavy atom. The minimum Gasteiger partial charge on any atom is -0.462 e. The summed E-state index contributed by atoms with van der Waals surface area (Å²) < 4.78 is 6.05.